The number of benzene rings is 1. The Balaban J connectivity index is 1.64. The lowest BCUT2D eigenvalue weighted by molar-refractivity contribution is -0.121. The Bertz CT molecular complexity index is 654. The van der Waals surface area contributed by atoms with E-state index in [1.807, 2.05) is 35.8 Å². The van der Waals surface area contributed by atoms with E-state index >= 15 is 0 Å². The molecule has 1 saturated carbocycles. The van der Waals surface area contributed by atoms with Gasteiger partial charge in [-0.25, -0.2) is 4.79 Å². The summed E-state index contributed by atoms with van der Waals surface area (Å²) < 4.78 is 5.83. The van der Waals surface area contributed by atoms with Gasteiger partial charge in [0.25, 0.3) is 0 Å². The highest BCUT2D eigenvalue weighted by atomic mass is 16.5. The zero-order valence-corrected chi connectivity index (χ0v) is 15.8. The lowest BCUT2D eigenvalue weighted by Gasteiger charge is -2.27. The number of hydrogen-bond acceptors (Lipinski definition) is 3. The number of carbonyl (C=O) groups is 2. The molecule has 1 aromatic rings. The fourth-order valence-electron chi connectivity index (χ4n) is 3.25. The number of urea groups is 1. The van der Waals surface area contributed by atoms with Crippen LogP contribution in [-0.4, -0.2) is 54.0 Å². The number of amides is 3. The lowest BCUT2D eigenvalue weighted by atomic mass is 10.0. The molecule has 26 heavy (non-hydrogen) atoms. The Morgan fingerprint density at radius 3 is 2.73 bits per heavy atom. The van der Waals surface area contributed by atoms with Gasteiger partial charge >= 0.3 is 6.03 Å². The summed E-state index contributed by atoms with van der Waals surface area (Å²) in [5, 5.41) is 3.02. The predicted octanol–water partition coefficient (Wildman–Crippen LogP) is 2.55. The number of rotatable bonds is 6. The predicted molar refractivity (Wildman–Crippen MR) is 100 cm³/mol. The molecule has 3 rings (SSSR count). The van der Waals surface area contributed by atoms with Crippen molar-refractivity contribution in [2.45, 2.75) is 52.1 Å². The molecule has 0 aromatic heterocycles. The summed E-state index contributed by atoms with van der Waals surface area (Å²) >= 11 is 0. The Morgan fingerprint density at radius 1 is 1.27 bits per heavy atom. The van der Waals surface area contributed by atoms with Gasteiger partial charge in [-0.1, -0.05) is 12.1 Å². The molecule has 1 fully saturated rings. The summed E-state index contributed by atoms with van der Waals surface area (Å²) in [6.07, 6.45) is 3.42. The van der Waals surface area contributed by atoms with E-state index < -0.39 is 0 Å². The highest BCUT2D eigenvalue weighted by Crippen LogP contribution is 2.26. The smallest absolute Gasteiger partial charge is 0.320 e. The van der Waals surface area contributed by atoms with Crippen molar-refractivity contribution < 1.29 is 14.3 Å². The van der Waals surface area contributed by atoms with Crippen LogP contribution in [0.5, 0.6) is 5.75 Å². The number of hydrogen-bond donors (Lipinski definition) is 1. The molecular weight excluding hydrogens is 330 g/mol. The minimum absolute atomic E-state index is 0.0562. The van der Waals surface area contributed by atoms with Crippen molar-refractivity contribution in [3.8, 4) is 5.75 Å². The molecule has 6 nitrogen and oxygen atoms in total. The molecule has 1 aromatic carbocycles. The van der Waals surface area contributed by atoms with Gasteiger partial charge in [0.05, 0.1) is 13.1 Å². The third-order valence-electron chi connectivity index (χ3n) is 4.99. The van der Waals surface area contributed by atoms with Crippen LogP contribution in [0, 0.1) is 0 Å². The van der Waals surface area contributed by atoms with E-state index in [0.717, 1.165) is 29.7 Å². The van der Waals surface area contributed by atoms with Gasteiger partial charge in [-0.2, -0.15) is 0 Å². The zero-order valence-electron chi connectivity index (χ0n) is 15.8. The molecule has 3 amide bonds. The first-order valence-corrected chi connectivity index (χ1v) is 9.68. The molecule has 0 unspecified atom stereocenters. The summed E-state index contributed by atoms with van der Waals surface area (Å²) in [5.41, 5.74) is 2.12. The van der Waals surface area contributed by atoms with Crippen molar-refractivity contribution in [2.75, 3.05) is 26.2 Å². The Kier molecular flexibility index (Phi) is 6.01. The molecule has 0 bridgehead atoms. The summed E-state index contributed by atoms with van der Waals surface area (Å²) in [6.45, 7) is 7.04. The third kappa shape index (κ3) is 4.68. The molecular formula is C20H29N3O3. The van der Waals surface area contributed by atoms with Gasteiger partial charge in [-0.3, -0.25) is 4.79 Å². The van der Waals surface area contributed by atoms with Crippen LogP contribution in [0.25, 0.3) is 0 Å². The first-order chi connectivity index (χ1) is 12.6. The molecule has 1 aliphatic heterocycles. The number of fused-ring (bicyclic) bond motifs is 1. The van der Waals surface area contributed by atoms with E-state index in [2.05, 4.69) is 11.4 Å². The van der Waals surface area contributed by atoms with Crippen LogP contribution >= 0.6 is 0 Å². The topological polar surface area (TPSA) is 61.9 Å². The van der Waals surface area contributed by atoms with Crippen molar-refractivity contribution in [3.63, 3.8) is 0 Å². The number of aryl methyl sites for hydroxylation is 1. The standard InChI is InChI=1S/C20H29N3O3/c1-3-22(4-2)20(25)23-11-12-26-18-9-5-15(13-16(18)14-23)6-10-19(24)21-17-7-8-17/h5,9,13,17H,3-4,6-8,10-12,14H2,1-2H3,(H,21,24). The average molecular weight is 359 g/mol. The largest absolute Gasteiger partial charge is 0.491 e. The number of nitrogens with zero attached hydrogens (tertiary/aromatic N) is 2. The monoisotopic (exact) mass is 359 g/mol. The number of nitrogens with one attached hydrogen (secondary N) is 1. The first kappa shape index (κ1) is 18.5. The normalized spacial score (nSPS) is 16.3. The second-order valence-electron chi connectivity index (χ2n) is 7.01. The van der Waals surface area contributed by atoms with Crippen molar-refractivity contribution in [1.29, 1.82) is 0 Å². The molecule has 1 heterocycles. The Hall–Kier alpha value is -2.24. The number of ether oxygens (including phenoxy) is 1. The van der Waals surface area contributed by atoms with E-state index in [1.165, 1.54) is 0 Å². The molecule has 1 N–H and O–H groups in total. The van der Waals surface area contributed by atoms with Crippen LogP contribution in [0.4, 0.5) is 4.79 Å². The van der Waals surface area contributed by atoms with Gasteiger partial charge in [0.1, 0.15) is 12.4 Å². The van der Waals surface area contributed by atoms with E-state index in [4.69, 9.17) is 4.74 Å². The fraction of sp³-hybridized carbons (Fsp3) is 0.600. The van der Waals surface area contributed by atoms with Crippen molar-refractivity contribution >= 4 is 11.9 Å². The van der Waals surface area contributed by atoms with Gasteiger partial charge < -0.3 is 19.9 Å². The third-order valence-corrected chi connectivity index (χ3v) is 4.99. The van der Waals surface area contributed by atoms with E-state index in [9.17, 15) is 9.59 Å². The first-order valence-electron chi connectivity index (χ1n) is 9.68. The molecule has 6 heteroatoms. The SMILES string of the molecule is CCN(CC)C(=O)N1CCOc2ccc(CCC(=O)NC3CC3)cc2C1. The summed E-state index contributed by atoms with van der Waals surface area (Å²) in [7, 11) is 0. The highest BCUT2D eigenvalue weighted by Gasteiger charge is 2.24. The van der Waals surface area contributed by atoms with Gasteiger partial charge in [0, 0.05) is 31.1 Å². The maximum Gasteiger partial charge on any atom is 0.320 e. The maximum atomic E-state index is 12.7. The molecule has 142 valence electrons. The Labute approximate surface area is 155 Å². The minimum Gasteiger partial charge on any atom is -0.491 e. The molecule has 0 atom stereocenters. The van der Waals surface area contributed by atoms with Crippen LogP contribution in [0.1, 0.15) is 44.2 Å². The molecule has 2 aliphatic rings. The van der Waals surface area contributed by atoms with Gasteiger partial charge in [-0.05, 0) is 44.7 Å². The summed E-state index contributed by atoms with van der Waals surface area (Å²) in [5.74, 6) is 0.961. The van der Waals surface area contributed by atoms with Crippen LogP contribution in [0.15, 0.2) is 18.2 Å². The van der Waals surface area contributed by atoms with Crippen molar-refractivity contribution in [2.24, 2.45) is 0 Å². The molecule has 0 spiro atoms. The van der Waals surface area contributed by atoms with Gasteiger partial charge in [0.15, 0.2) is 0 Å². The maximum absolute atomic E-state index is 12.7. The highest BCUT2D eigenvalue weighted by molar-refractivity contribution is 5.77. The van der Waals surface area contributed by atoms with Crippen molar-refractivity contribution in [1.82, 2.24) is 15.1 Å². The average Bonchev–Trinajstić information content (AvgIpc) is 3.46. The van der Waals surface area contributed by atoms with Crippen LogP contribution in [0.2, 0.25) is 0 Å². The molecule has 0 saturated heterocycles. The Morgan fingerprint density at radius 2 is 2.04 bits per heavy atom. The number of carbonyl (C=O) groups excluding carboxylic acids is 2. The second kappa shape index (κ2) is 8.43. The van der Waals surface area contributed by atoms with Gasteiger partial charge in [0.2, 0.25) is 5.91 Å². The summed E-state index contributed by atoms with van der Waals surface area (Å²) in [6, 6.07) is 6.52. The minimum atomic E-state index is 0.0562. The molecule has 0 radical (unpaired) electrons. The molecule has 1 aliphatic carbocycles. The van der Waals surface area contributed by atoms with Crippen LogP contribution in [0.3, 0.4) is 0 Å². The van der Waals surface area contributed by atoms with Crippen molar-refractivity contribution in [3.05, 3.63) is 29.3 Å². The van der Waals surface area contributed by atoms with Gasteiger partial charge in [-0.15, -0.1) is 0 Å². The second-order valence-corrected chi connectivity index (χ2v) is 7.01. The van der Waals surface area contributed by atoms with E-state index in [-0.39, 0.29) is 11.9 Å². The van der Waals surface area contributed by atoms with Crippen LogP contribution < -0.4 is 10.1 Å². The zero-order chi connectivity index (χ0) is 18.5. The summed E-state index contributed by atoms with van der Waals surface area (Å²) in [4.78, 5) is 28.3. The van der Waals surface area contributed by atoms with E-state index in [0.29, 0.717) is 51.7 Å². The lowest BCUT2D eigenvalue weighted by Crippen LogP contribution is -2.43. The fourth-order valence-corrected chi connectivity index (χ4v) is 3.25. The van der Waals surface area contributed by atoms with Crippen LogP contribution in [-0.2, 0) is 17.8 Å². The quantitative estimate of drug-likeness (QED) is 0.849. The van der Waals surface area contributed by atoms with E-state index in [1.54, 1.807) is 0 Å².